The second-order valence-electron chi connectivity index (χ2n) is 7.52. The molecule has 1 aromatic carbocycles. The van der Waals surface area contributed by atoms with E-state index in [-0.39, 0.29) is 41.5 Å². The normalized spacial score (nSPS) is 15.9. The highest BCUT2D eigenvalue weighted by molar-refractivity contribution is 14.0. The number of piperidine rings is 1. The van der Waals surface area contributed by atoms with Crippen molar-refractivity contribution in [1.82, 2.24) is 10.6 Å². The predicted octanol–water partition coefficient (Wildman–Crippen LogP) is 2.88. The number of aliphatic imine (C=N–C) groups is 1. The highest BCUT2D eigenvalue weighted by Gasteiger charge is 2.20. The van der Waals surface area contributed by atoms with E-state index in [1.54, 1.807) is 13.2 Å². The number of aliphatic hydroxyl groups excluding tert-OH is 1. The Labute approximate surface area is 185 Å². The number of hydrogen-bond acceptors (Lipinski definition) is 4. The maximum absolute atomic E-state index is 14.6. The number of halogens is 2. The molecule has 1 heterocycles. The first-order chi connectivity index (χ1) is 12.8. The Morgan fingerprint density at radius 2 is 2.00 bits per heavy atom. The summed E-state index contributed by atoms with van der Waals surface area (Å²) in [4.78, 5) is 6.53. The molecule has 0 unspecified atom stereocenters. The molecule has 6 nitrogen and oxygen atoms in total. The van der Waals surface area contributed by atoms with Gasteiger partial charge in [-0.1, -0.05) is 6.07 Å². The van der Waals surface area contributed by atoms with Crippen LogP contribution in [0.2, 0.25) is 0 Å². The molecule has 8 heteroatoms. The van der Waals surface area contributed by atoms with Crippen LogP contribution < -0.4 is 15.5 Å². The zero-order chi connectivity index (χ0) is 19.9. The largest absolute Gasteiger partial charge is 0.393 e. The van der Waals surface area contributed by atoms with E-state index < -0.39 is 0 Å². The van der Waals surface area contributed by atoms with Crippen molar-refractivity contribution in [2.45, 2.75) is 51.9 Å². The van der Waals surface area contributed by atoms with Gasteiger partial charge in [0, 0.05) is 33.3 Å². The number of aliphatic hydroxyl groups is 1. The van der Waals surface area contributed by atoms with Gasteiger partial charge in [-0.25, -0.2) is 9.38 Å². The van der Waals surface area contributed by atoms with E-state index in [9.17, 15) is 9.50 Å². The molecule has 1 fully saturated rings. The van der Waals surface area contributed by atoms with E-state index in [0.29, 0.717) is 50.7 Å². The smallest absolute Gasteiger partial charge is 0.191 e. The molecule has 0 atom stereocenters. The van der Waals surface area contributed by atoms with E-state index in [2.05, 4.69) is 15.6 Å². The lowest BCUT2D eigenvalue weighted by Gasteiger charge is -2.31. The highest BCUT2D eigenvalue weighted by atomic mass is 127. The third kappa shape index (κ3) is 7.71. The van der Waals surface area contributed by atoms with Crippen LogP contribution in [0.15, 0.2) is 23.2 Å². The van der Waals surface area contributed by atoms with Crippen LogP contribution in [0.5, 0.6) is 0 Å². The van der Waals surface area contributed by atoms with Crippen molar-refractivity contribution in [3.8, 4) is 0 Å². The Bertz CT molecular complexity index is 635. The maximum Gasteiger partial charge on any atom is 0.191 e. The first-order valence-corrected chi connectivity index (χ1v) is 9.63. The number of hydrogen-bond donors (Lipinski definition) is 3. The topological polar surface area (TPSA) is 69.1 Å². The van der Waals surface area contributed by atoms with Crippen LogP contribution in [-0.4, -0.2) is 56.1 Å². The summed E-state index contributed by atoms with van der Waals surface area (Å²) in [5.74, 6) is 0.440. The first kappa shape index (κ1) is 24.9. The van der Waals surface area contributed by atoms with Gasteiger partial charge < -0.3 is 25.4 Å². The summed E-state index contributed by atoms with van der Waals surface area (Å²) in [5, 5.41) is 16.0. The number of rotatable bonds is 7. The van der Waals surface area contributed by atoms with Gasteiger partial charge in [-0.2, -0.15) is 0 Å². The number of anilines is 1. The second kappa shape index (κ2) is 11.8. The van der Waals surface area contributed by atoms with Crippen molar-refractivity contribution >= 4 is 35.6 Å². The molecule has 160 valence electrons. The molecule has 0 saturated carbocycles. The Balaban J connectivity index is 0.00000392. The molecule has 1 saturated heterocycles. The summed E-state index contributed by atoms with van der Waals surface area (Å²) >= 11 is 0. The zero-order valence-corrected chi connectivity index (χ0v) is 19.6. The average Bonchev–Trinajstić information content (AvgIpc) is 2.65. The van der Waals surface area contributed by atoms with Crippen LogP contribution in [0.1, 0.15) is 39.2 Å². The van der Waals surface area contributed by atoms with E-state index in [1.165, 1.54) is 0 Å². The van der Waals surface area contributed by atoms with Crippen molar-refractivity contribution in [2.75, 3.05) is 38.2 Å². The third-order valence-electron chi connectivity index (χ3n) is 4.82. The molecule has 0 radical (unpaired) electrons. The minimum absolute atomic E-state index is 0. The van der Waals surface area contributed by atoms with E-state index in [0.717, 1.165) is 12.1 Å². The van der Waals surface area contributed by atoms with Gasteiger partial charge in [0.15, 0.2) is 5.96 Å². The number of nitrogens with one attached hydrogen (secondary N) is 2. The Morgan fingerprint density at radius 1 is 1.32 bits per heavy atom. The quantitative estimate of drug-likeness (QED) is 0.300. The summed E-state index contributed by atoms with van der Waals surface area (Å²) < 4.78 is 20.0. The fraction of sp³-hybridized carbons (Fsp3) is 0.650. The lowest BCUT2D eigenvalue weighted by molar-refractivity contribution is 0.0268. The molecule has 2 rings (SSSR count). The van der Waals surface area contributed by atoms with Gasteiger partial charge in [0.2, 0.25) is 0 Å². The summed E-state index contributed by atoms with van der Waals surface area (Å²) in [6, 6.07) is 5.27. The van der Waals surface area contributed by atoms with Gasteiger partial charge >= 0.3 is 0 Å². The summed E-state index contributed by atoms with van der Waals surface area (Å²) in [6.07, 6.45) is 1.10. The molecule has 0 aromatic heterocycles. The van der Waals surface area contributed by atoms with Crippen molar-refractivity contribution in [3.63, 3.8) is 0 Å². The maximum atomic E-state index is 14.6. The second-order valence-corrected chi connectivity index (χ2v) is 7.52. The fourth-order valence-corrected chi connectivity index (χ4v) is 2.89. The summed E-state index contributed by atoms with van der Waals surface area (Å²) in [6.45, 7) is 9.10. The first-order valence-electron chi connectivity index (χ1n) is 9.63. The third-order valence-corrected chi connectivity index (χ3v) is 4.82. The molecule has 0 bridgehead atoms. The van der Waals surface area contributed by atoms with Crippen LogP contribution in [0, 0.1) is 5.82 Å². The van der Waals surface area contributed by atoms with E-state index in [4.69, 9.17) is 4.74 Å². The van der Waals surface area contributed by atoms with Crippen molar-refractivity contribution in [1.29, 1.82) is 0 Å². The van der Waals surface area contributed by atoms with Crippen LogP contribution in [-0.2, 0) is 11.3 Å². The summed E-state index contributed by atoms with van der Waals surface area (Å²) in [7, 11) is 1.68. The van der Waals surface area contributed by atoms with Crippen LogP contribution in [0.3, 0.4) is 0 Å². The van der Waals surface area contributed by atoms with E-state index >= 15 is 0 Å². The SMILES string of the molecule is CCNC(=NCc1ccc(N2CCC(O)CC2)c(F)c1)NCC(C)(C)OC.I. The standard InChI is InChI=1S/C20H33FN4O2.HI/c1-5-22-19(24-14-20(2,3)27-4)23-13-15-6-7-18(17(21)12-15)25-10-8-16(26)9-11-25;/h6-7,12,16,26H,5,8-11,13-14H2,1-4H3,(H2,22,23,24);1H. The molecular weight excluding hydrogens is 474 g/mol. The zero-order valence-electron chi connectivity index (χ0n) is 17.3. The number of nitrogens with zero attached hydrogens (tertiary/aromatic N) is 2. The molecule has 3 N–H and O–H groups in total. The van der Waals surface area contributed by atoms with Gasteiger partial charge in [0.25, 0.3) is 0 Å². The number of benzene rings is 1. The Morgan fingerprint density at radius 3 is 2.57 bits per heavy atom. The molecule has 0 spiro atoms. The molecular formula is C20H34FIN4O2. The van der Waals surface area contributed by atoms with Gasteiger partial charge in [-0.15, -0.1) is 24.0 Å². The highest BCUT2D eigenvalue weighted by Crippen LogP contribution is 2.24. The van der Waals surface area contributed by atoms with Crippen LogP contribution in [0.4, 0.5) is 10.1 Å². The number of guanidine groups is 1. The monoisotopic (exact) mass is 508 g/mol. The van der Waals surface area contributed by atoms with E-state index in [1.807, 2.05) is 37.8 Å². The average molecular weight is 508 g/mol. The lowest BCUT2D eigenvalue weighted by Crippen LogP contribution is -2.45. The van der Waals surface area contributed by atoms with Crippen LogP contribution >= 0.6 is 24.0 Å². The Hall–Kier alpha value is -1.13. The summed E-state index contributed by atoms with van der Waals surface area (Å²) in [5.41, 5.74) is 1.12. The minimum atomic E-state index is -0.300. The van der Waals surface area contributed by atoms with Crippen molar-refractivity contribution in [3.05, 3.63) is 29.6 Å². The van der Waals surface area contributed by atoms with Crippen LogP contribution in [0.25, 0.3) is 0 Å². The predicted molar refractivity (Wildman–Crippen MR) is 123 cm³/mol. The number of ether oxygens (including phenoxy) is 1. The van der Waals surface area contributed by atoms with Gasteiger partial charge in [-0.3, -0.25) is 0 Å². The molecule has 28 heavy (non-hydrogen) atoms. The van der Waals surface area contributed by atoms with Gasteiger partial charge in [0.05, 0.1) is 23.9 Å². The van der Waals surface area contributed by atoms with Crippen molar-refractivity contribution < 1.29 is 14.2 Å². The van der Waals surface area contributed by atoms with Gasteiger partial charge in [-0.05, 0) is 51.3 Å². The molecule has 1 aliphatic heterocycles. The molecule has 0 amide bonds. The molecule has 0 aliphatic carbocycles. The molecule has 1 aromatic rings. The molecule has 1 aliphatic rings. The lowest BCUT2D eigenvalue weighted by atomic mass is 10.1. The number of methoxy groups -OCH3 is 1. The minimum Gasteiger partial charge on any atom is -0.393 e. The van der Waals surface area contributed by atoms with Gasteiger partial charge in [0.1, 0.15) is 5.82 Å². The fourth-order valence-electron chi connectivity index (χ4n) is 2.89. The Kier molecular flexibility index (Phi) is 10.5. The van der Waals surface area contributed by atoms with Crippen molar-refractivity contribution in [2.24, 2.45) is 4.99 Å².